The molecule has 0 unspecified atom stereocenters. The van der Waals surface area contributed by atoms with E-state index in [2.05, 4.69) is 46.7 Å². The number of hydrogen-bond acceptors (Lipinski definition) is 4. The molecule has 0 bridgehead atoms. The molecule has 1 amide bonds. The van der Waals surface area contributed by atoms with Gasteiger partial charge in [0.05, 0.1) is 12.8 Å². The molecular formula is C23H30N4O2. The number of nitrogens with zero attached hydrogens (tertiary/aromatic N) is 4. The first-order valence-corrected chi connectivity index (χ1v) is 10.4. The van der Waals surface area contributed by atoms with Gasteiger partial charge in [-0.2, -0.15) is 0 Å². The Morgan fingerprint density at radius 1 is 1.07 bits per heavy atom. The normalized spacial score (nSPS) is 15.8. The monoisotopic (exact) mass is 394 g/mol. The van der Waals surface area contributed by atoms with Gasteiger partial charge < -0.3 is 23.7 Å². The third kappa shape index (κ3) is 4.54. The zero-order chi connectivity index (χ0) is 20.2. The molecule has 1 aliphatic rings. The second-order valence-corrected chi connectivity index (χ2v) is 7.96. The summed E-state index contributed by atoms with van der Waals surface area (Å²) in [5.41, 5.74) is 2.32. The smallest absolute Gasteiger partial charge is 0.289 e. The Hall–Kier alpha value is -2.57. The van der Waals surface area contributed by atoms with Crippen LogP contribution in [0.5, 0.6) is 0 Å². The summed E-state index contributed by atoms with van der Waals surface area (Å²) >= 11 is 0. The van der Waals surface area contributed by atoms with Gasteiger partial charge in [-0.1, -0.05) is 18.2 Å². The number of amides is 1. The average molecular weight is 395 g/mol. The Kier molecular flexibility index (Phi) is 6.02. The number of aryl methyl sites for hydroxylation is 1. The van der Waals surface area contributed by atoms with Crippen LogP contribution < -0.4 is 0 Å². The van der Waals surface area contributed by atoms with Gasteiger partial charge in [0.2, 0.25) is 0 Å². The first-order chi connectivity index (χ1) is 14.1. The molecule has 6 heteroatoms. The number of likely N-dealkylation sites (N-methyl/N-ethyl adjacent to an activating group) is 1. The fourth-order valence-electron chi connectivity index (χ4n) is 4.06. The minimum atomic E-state index is -0.0429. The lowest BCUT2D eigenvalue weighted by molar-refractivity contribution is 0.0693. The number of benzene rings is 1. The Labute approximate surface area is 172 Å². The lowest BCUT2D eigenvalue weighted by atomic mass is 10.2. The van der Waals surface area contributed by atoms with Gasteiger partial charge in [-0.05, 0) is 49.7 Å². The highest BCUT2D eigenvalue weighted by Gasteiger charge is 2.21. The minimum absolute atomic E-state index is 0.0429. The van der Waals surface area contributed by atoms with Gasteiger partial charge in [-0.3, -0.25) is 4.79 Å². The van der Waals surface area contributed by atoms with Gasteiger partial charge in [0.25, 0.3) is 5.91 Å². The van der Waals surface area contributed by atoms with Crippen LogP contribution >= 0.6 is 0 Å². The molecule has 1 fully saturated rings. The second-order valence-electron chi connectivity index (χ2n) is 7.96. The largest absolute Gasteiger partial charge is 0.459 e. The first-order valence-electron chi connectivity index (χ1n) is 10.4. The van der Waals surface area contributed by atoms with Crippen LogP contribution in [0.4, 0.5) is 0 Å². The van der Waals surface area contributed by atoms with Crippen molar-refractivity contribution in [1.82, 2.24) is 19.3 Å². The van der Waals surface area contributed by atoms with Crippen LogP contribution in [-0.4, -0.2) is 71.5 Å². The average Bonchev–Trinajstić information content (AvgIpc) is 3.37. The number of piperazine rings is 1. The fraction of sp³-hybridized carbons (Fsp3) is 0.435. The molecule has 3 heterocycles. The Bertz CT molecular complexity index is 939. The van der Waals surface area contributed by atoms with Crippen LogP contribution in [0.2, 0.25) is 0 Å². The predicted molar refractivity (Wildman–Crippen MR) is 115 cm³/mol. The summed E-state index contributed by atoms with van der Waals surface area (Å²) in [7, 11) is 4.24. The van der Waals surface area contributed by atoms with Gasteiger partial charge in [0.15, 0.2) is 5.76 Å². The summed E-state index contributed by atoms with van der Waals surface area (Å²) in [5.74, 6) is 0.363. The van der Waals surface area contributed by atoms with Crippen LogP contribution in [0, 0.1) is 0 Å². The van der Waals surface area contributed by atoms with Crippen molar-refractivity contribution in [3.8, 4) is 0 Å². The van der Waals surface area contributed by atoms with E-state index in [1.54, 1.807) is 18.4 Å². The van der Waals surface area contributed by atoms with E-state index < -0.39 is 0 Å². The number of furan rings is 1. The maximum absolute atomic E-state index is 13.1. The van der Waals surface area contributed by atoms with Crippen molar-refractivity contribution in [3.05, 3.63) is 60.2 Å². The second kappa shape index (κ2) is 8.84. The van der Waals surface area contributed by atoms with Crippen LogP contribution in [-0.2, 0) is 13.6 Å². The van der Waals surface area contributed by atoms with Crippen molar-refractivity contribution < 1.29 is 9.21 Å². The maximum atomic E-state index is 13.1. The van der Waals surface area contributed by atoms with Crippen LogP contribution in [0.1, 0.15) is 22.7 Å². The standard InChI is InChI=1S/C23H30N4O2/c1-24-12-14-26(15-13-24)10-6-11-27(23(28)22-9-5-16-29-22)18-20-17-19-7-3-4-8-21(19)25(20)2/h3-5,7-9,16-17H,6,10-15,18H2,1-2H3. The third-order valence-electron chi connectivity index (χ3n) is 5.92. The number of fused-ring (bicyclic) bond motifs is 1. The number of hydrogen-bond donors (Lipinski definition) is 0. The Balaban J connectivity index is 1.46. The van der Waals surface area contributed by atoms with E-state index in [1.807, 2.05) is 17.0 Å². The molecule has 0 atom stereocenters. The molecule has 3 aromatic rings. The zero-order valence-electron chi connectivity index (χ0n) is 17.4. The van der Waals surface area contributed by atoms with Gasteiger partial charge in [0, 0.05) is 51.0 Å². The highest BCUT2D eigenvalue weighted by Crippen LogP contribution is 2.20. The van der Waals surface area contributed by atoms with Crippen molar-refractivity contribution in [2.45, 2.75) is 13.0 Å². The van der Waals surface area contributed by atoms with Gasteiger partial charge in [-0.25, -0.2) is 0 Å². The van der Waals surface area contributed by atoms with Crippen LogP contribution in [0.15, 0.2) is 53.1 Å². The van der Waals surface area contributed by atoms with Crippen molar-refractivity contribution in [2.24, 2.45) is 7.05 Å². The Morgan fingerprint density at radius 2 is 1.86 bits per heavy atom. The van der Waals surface area contributed by atoms with Gasteiger partial charge in [-0.15, -0.1) is 0 Å². The molecule has 0 saturated carbocycles. The lowest BCUT2D eigenvalue weighted by Gasteiger charge is -2.33. The van der Waals surface area contributed by atoms with Gasteiger partial charge >= 0.3 is 0 Å². The molecule has 1 aromatic carbocycles. The molecule has 2 aromatic heterocycles. The maximum Gasteiger partial charge on any atom is 0.289 e. The molecule has 6 nitrogen and oxygen atoms in total. The van der Waals surface area contributed by atoms with Crippen molar-refractivity contribution in [2.75, 3.05) is 46.3 Å². The molecule has 29 heavy (non-hydrogen) atoms. The lowest BCUT2D eigenvalue weighted by Crippen LogP contribution is -2.45. The highest BCUT2D eigenvalue weighted by molar-refractivity contribution is 5.91. The van der Waals surface area contributed by atoms with E-state index in [0.29, 0.717) is 18.8 Å². The van der Waals surface area contributed by atoms with E-state index in [-0.39, 0.29) is 5.91 Å². The third-order valence-corrected chi connectivity index (χ3v) is 5.92. The van der Waals surface area contributed by atoms with Gasteiger partial charge in [0.1, 0.15) is 0 Å². The summed E-state index contributed by atoms with van der Waals surface area (Å²) in [4.78, 5) is 19.8. The number of rotatable bonds is 7. The first kappa shape index (κ1) is 19.7. The van der Waals surface area contributed by atoms with Crippen LogP contribution in [0.3, 0.4) is 0 Å². The zero-order valence-corrected chi connectivity index (χ0v) is 17.4. The van der Waals surface area contributed by atoms with E-state index in [9.17, 15) is 4.79 Å². The molecule has 0 radical (unpaired) electrons. The minimum Gasteiger partial charge on any atom is -0.459 e. The molecule has 154 valence electrons. The summed E-state index contributed by atoms with van der Waals surface area (Å²) in [6.45, 7) is 6.75. The van der Waals surface area contributed by atoms with E-state index in [4.69, 9.17) is 4.42 Å². The molecule has 0 N–H and O–H groups in total. The molecule has 0 spiro atoms. The molecular weight excluding hydrogens is 364 g/mol. The summed E-state index contributed by atoms with van der Waals surface area (Å²) < 4.78 is 7.58. The number of para-hydroxylation sites is 1. The fourth-order valence-corrected chi connectivity index (χ4v) is 4.06. The van der Waals surface area contributed by atoms with E-state index in [0.717, 1.165) is 44.8 Å². The number of carbonyl (C=O) groups excluding carboxylic acids is 1. The van der Waals surface area contributed by atoms with Crippen molar-refractivity contribution in [1.29, 1.82) is 0 Å². The van der Waals surface area contributed by atoms with E-state index >= 15 is 0 Å². The van der Waals surface area contributed by atoms with Crippen molar-refractivity contribution >= 4 is 16.8 Å². The number of aromatic nitrogens is 1. The summed E-state index contributed by atoms with van der Waals surface area (Å²) in [5, 5.41) is 1.20. The molecule has 1 saturated heterocycles. The summed E-state index contributed by atoms with van der Waals surface area (Å²) in [6, 6.07) is 14.0. The van der Waals surface area contributed by atoms with E-state index in [1.165, 1.54) is 10.9 Å². The van der Waals surface area contributed by atoms with Crippen molar-refractivity contribution in [3.63, 3.8) is 0 Å². The summed E-state index contributed by atoms with van der Waals surface area (Å²) in [6.07, 6.45) is 2.52. The molecule has 1 aliphatic heterocycles. The number of carbonyl (C=O) groups is 1. The SMILES string of the molecule is CN1CCN(CCCN(Cc2cc3ccccc3n2C)C(=O)c2ccco2)CC1. The molecule has 0 aliphatic carbocycles. The highest BCUT2D eigenvalue weighted by atomic mass is 16.3. The Morgan fingerprint density at radius 3 is 2.59 bits per heavy atom. The molecule has 4 rings (SSSR count). The topological polar surface area (TPSA) is 44.9 Å². The quantitative estimate of drug-likeness (QED) is 0.618. The predicted octanol–water partition coefficient (Wildman–Crippen LogP) is 3.05. The van der Waals surface area contributed by atoms with Crippen LogP contribution in [0.25, 0.3) is 10.9 Å².